The summed E-state index contributed by atoms with van der Waals surface area (Å²) < 4.78 is -1.27. The van der Waals surface area contributed by atoms with E-state index >= 15 is 0 Å². The van der Waals surface area contributed by atoms with Crippen LogP contribution in [0.4, 0.5) is 0 Å². The van der Waals surface area contributed by atoms with Gasteiger partial charge in [-0.05, 0) is 17.2 Å². The summed E-state index contributed by atoms with van der Waals surface area (Å²) in [7, 11) is 0. The van der Waals surface area contributed by atoms with Crippen LogP contribution in [-0.2, 0) is 0 Å². The van der Waals surface area contributed by atoms with Crippen molar-refractivity contribution in [1.82, 2.24) is 0 Å². The van der Waals surface area contributed by atoms with Crippen LogP contribution in [0.25, 0.3) is 6.08 Å². The van der Waals surface area contributed by atoms with Gasteiger partial charge >= 0.3 is 0 Å². The van der Waals surface area contributed by atoms with E-state index in [1.54, 1.807) is 0 Å². The largest absolute Gasteiger partial charge is 0.200 e. The fraction of sp³-hybridized carbons (Fsp3) is 0.200. The minimum absolute atomic E-state index is 0.148. The summed E-state index contributed by atoms with van der Waals surface area (Å²) in [6.45, 7) is 0. The third-order valence-corrected chi connectivity index (χ3v) is 2.77. The Morgan fingerprint density at radius 2 is 2.08 bits per heavy atom. The highest BCUT2D eigenvalue weighted by Crippen LogP contribution is 2.46. The molecule has 1 aliphatic rings. The molecule has 0 saturated heterocycles. The minimum atomic E-state index is -1.27. The lowest BCUT2D eigenvalue weighted by Crippen LogP contribution is -2.13. The van der Waals surface area contributed by atoms with E-state index in [2.05, 4.69) is 6.07 Å². The van der Waals surface area contributed by atoms with Crippen molar-refractivity contribution in [2.24, 2.45) is 0 Å². The lowest BCUT2D eigenvalue weighted by atomic mass is 10.0. The van der Waals surface area contributed by atoms with Gasteiger partial charge in [-0.3, -0.25) is 0 Å². The summed E-state index contributed by atoms with van der Waals surface area (Å²) in [5.41, 5.74) is 2.04. The van der Waals surface area contributed by atoms with Crippen LogP contribution < -0.4 is 0 Å². The van der Waals surface area contributed by atoms with E-state index in [0.717, 1.165) is 11.1 Å². The van der Waals surface area contributed by atoms with Crippen molar-refractivity contribution >= 4 is 40.9 Å². The number of hydrogen-bond donors (Lipinski definition) is 0. The SMILES string of the molecule is ClC(Cl)(Cl)C1C=Cc2[c]cccc21. The van der Waals surface area contributed by atoms with Gasteiger partial charge in [-0.15, -0.1) is 0 Å². The third-order valence-electron chi connectivity index (χ3n) is 2.06. The molecule has 3 heteroatoms. The number of rotatable bonds is 0. The monoisotopic (exact) mass is 231 g/mol. The summed E-state index contributed by atoms with van der Waals surface area (Å²) in [5, 5.41) is 0. The summed E-state index contributed by atoms with van der Waals surface area (Å²) in [6.07, 6.45) is 3.83. The van der Waals surface area contributed by atoms with Gasteiger partial charge in [0, 0.05) is 0 Å². The van der Waals surface area contributed by atoms with E-state index in [4.69, 9.17) is 34.8 Å². The molecule has 67 valence electrons. The first-order valence-corrected chi connectivity index (χ1v) is 4.98. The van der Waals surface area contributed by atoms with Gasteiger partial charge in [-0.25, -0.2) is 0 Å². The van der Waals surface area contributed by atoms with E-state index in [1.165, 1.54) is 0 Å². The van der Waals surface area contributed by atoms with E-state index in [0.29, 0.717) is 0 Å². The average molecular weight is 233 g/mol. The molecule has 0 amide bonds. The Morgan fingerprint density at radius 3 is 2.77 bits per heavy atom. The number of alkyl halides is 3. The van der Waals surface area contributed by atoms with E-state index in [-0.39, 0.29) is 5.92 Å². The molecule has 0 N–H and O–H groups in total. The van der Waals surface area contributed by atoms with Crippen LogP contribution in [0.1, 0.15) is 17.0 Å². The van der Waals surface area contributed by atoms with Crippen LogP contribution in [0, 0.1) is 6.07 Å². The molecule has 1 atom stereocenters. The van der Waals surface area contributed by atoms with E-state index in [9.17, 15) is 0 Å². The van der Waals surface area contributed by atoms with Crippen LogP contribution >= 0.6 is 34.8 Å². The number of allylic oxidation sites excluding steroid dienone is 1. The van der Waals surface area contributed by atoms with Crippen LogP contribution in [0.15, 0.2) is 24.3 Å². The molecule has 0 nitrogen and oxygen atoms in total. The van der Waals surface area contributed by atoms with Gasteiger partial charge in [0.15, 0.2) is 0 Å². The van der Waals surface area contributed by atoms with Gasteiger partial charge in [0.05, 0.1) is 5.92 Å². The molecule has 0 spiro atoms. The van der Waals surface area contributed by atoms with Crippen LogP contribution in [0.3, 0.4) is 0 Å². The second kappa shape index (κ2) is 3.20. The average Bonchev–Trinajstić information content (AvgIpc) is 2.45. The fourth-order valence-electron chi connectivity index (χ4n) is 1.46. The highest BCUT2D eigenvalue weighted by molar-refractivity contribution is 6.68. The van der Waals surface area contributed by atoms with Crippen molar-refractivity contribution < 1.29 is 0 Å². The zero-order valence-corrected chi connectivity index (χ0v) is 8.87. The number of hydrogen-bond acceptors (Lipinski definition) is 0. The Morgan fingerprint density at radius 1 is 1.31 bits per heavy atom. The van der Waals surface area contributed by atoms with Crippen molar-refractivity contribution in [1.29, 1.82) is 0 Å². The zero-order chi connectivity index (χ0) is 9.47. The molecule has 0 fully saturated rings. The van der Waals surface area contributed by atoms with Gasteiger partial charge in [0.25, 0.3) is 0 Å². The zero-order valence-electron chi connectivity index (χ0n) is 6.60. The Balaban J connectivity index is 2.45. The Kier molecular flexibility index (Phi) is 2.31. The van der Waals surface area contributed by atoms with E-state index < -0.39 is 3.79 Å². The molecule has 0 heterocycles. The minimum Gasteiger partial charge on any atom is -0.0826 e. The fourth-order valence-corrected chi connectivity index (χ4v) is 2.03. The summed E-state index contributed by atoms with van der Waals surface area (Å²) >= 11 is 17.5. The molecule has 1 aliphatic carbocycles. The van der Waals surface area contributed by atoms with Crippen molar-refractivity contribution in [2.75, 3.05) is 0 Å². The van der Waals surface area contributed by atoms with Crippen molar-refractivity contribution in [3.63, 3.8) is 0 Å². The predicted octanol–water partition coefficient (Wildman–Crippen LogP) is 3.97. The van der Waals surface area contributed by atoms with Gasteiger partial charge in [-0.2, -0.15) is 0 Å². The van der Waals surface area contributed by atoms with Crippen LogP contribution in [-0.4, -0.2) is 3.79 Å². The first-order valence-electron chi connectivity index (χ1n) is 3.84. The van der Waals surface area contributed by atoms with Crippen molar-refractivity contribution in [3.05, 3.63) is 41.5 Å². The van der Waals surface area contributed by atoms with Crippen LogP contribution in [0.2, 0.25) is 0 Å². The maximum Gasteiger partial charge on any atom is 0.200 e. The summed E-state index contributed by atoms with van der Waals surface area (Å²) in [5.74, 6) is -0.148. The maximum absolute atomic E-state index is 5.83. The molecule has 13 heavy (non-hydrogen) atoms. The highest BCUT2D eigenvalue weighted by Gasteiger charge is 2.35. The second-order valence-electron chi connectivity index (χ2n) is 2.92. The summed E-state index contributed by atoms with van der Waals surface area (Å²) in [6, 6.07) is 8.79. The lowest BCUT2D eigenvalue weighted by Gasteiger charge is -2.19. The maximum atomic E-state index is 5.83. The molecular formula is C10H6Cl3. The van der Waals surface area contributed by atoms with Gasteiger partial charge in [0.1, 0.15) is 0 Å². The molecule has 1 aromatic rings. The quantitative estimate of drug-likeness (QED) is 0.594. The molecule has 2 rings (SSSR count). The molecular weight excluding hydrogens is 226 g/mol. The van der Waals surface area contributed by atoms with Gasteiger partial charge < -0.3 is 0 Å². The highest BCUT2D eigenvalue weighted by atomic mass is 35.6. The van der Waals surface area contributed by atoms with Gasteiger partial charge in [0.2, 0.25) is 3.79 Å². The summed E-state index contributed by atoms with van der Waals surface area (Å²) in [4.78, 5) is 0. The lowest BCUT2D eigenvalue weighted by molar-refractivity contribution is 0.892. The Labute approximate surface area is 92.1 Å². The molecule has 0 aliphatic heterocycles. The third kappa shape index (κ3) is 1.71. The van der Waals surface area contributed by atoms with Gasteiger partial charge in [-0.1, -0.05) is 65.2 Å². The predicted molar refractivity (Wildman–Crippen MR) is 57.3 cm³/mol. The number of benzene rings is 1. The molecule has 0 aromatic heterocycles. The van der Waals surface area contributed by atoms with E-state index in [1.807, 2.05) is 30.4 Å². The molecule has 1 unspecified atom stereocenters. The molecule has 0 saturated carbocycles. The topological polar surface area (TPSA) is 0 Å². The normalized spacial score (nSPS) is 20.4. The Hall–Kier alpha value is -0.170. The number of fused-ring (bicyclic) bond motifs is 1. The first kappa shape index (κ1) is 9.39. The van der Waals surface area contributed by atoms with Crippen LogP contribution in [0.5, 0.6) is 0 Å². The molecule has 1 radical (unpaired) electrons. The molecule has 1 aromatic carbocycles. The Bertz CT molecular complexity index is 349. The molecule has 0 bridgehead atoms. The first-order chi connectivity index (χ1) is 6.09. The van der Waals surface area contributed by atoms with Crippen molar-refractivity contribution in [2.45, 2.75) is 9.71 Å². The van der Waals surface area contributed by atoms with Crippen molar-refractivity contribution in [3.8, 4) is 0 Å². The number of halogens is 3. The second-order valence-corrected chi connectivity index (χ2v) is 5.29. The smallest absolute Gasteiger partial charge is 0.0826 e. The standard InChI is InChI=1S/C10H6Cl3/c11-10(12,13)9-6-5-7-3-1-2-4-8(7)9/h1-2,4-6,9H.